The second-order valence-electron chi connectivity index (χ2n) is 6.27. The Kier molecular flexibility index (Phi) is 6.64. The highest BCUT2D eigenvalue weighted by molar-refractivity contribution is 6.33. The monoisotopic (exact) mass is 379 g/mol. The molecule has 1 atom stereocenters. The summed E-state index contributed by atoms with van der Waals surface area (Å²) in [6.45, 7) is 0.652. The minimum absolute atomic E-state index is 0.190. The molecule has 0 amide bonds. The van der Waals surface area contributed by atoms with E-state index >= 15 is 0 Å². The number of hydrogen-bond donors (Lipinski definition) is 1. The number of esters is 1. The molecule has 0 heterocycles. The van der Waals surface area contributed by atoms with Gasteiger partial charge in [-0.25, -0.2) is 0 Å². The van der Waals surface area contributed by atoms with Crippen molar-refractivity contribution in [2.24, 2.45) is 0 Å². The average Bonchev–Trinajstić information content (AvgIpc) is 2.72. The van der Waals surface area contributed by atoms with E-state index in [9.17, 15) is 4.79 Å². The second kappa shape index (κ2) is 9.36. The van der Waals surface area contributed by atoms with Gasteiger partial charge in [-0.15, -0.1) is 0 Å². The van der Waals surface area contributed by atoms with Gasteiger partial charge in [0.2, 0.25) is 0 Å². The Morgan fingerprint density at radius 3 is 2.26 bits per heavy atom. The second-order valence-corrected chi connectivity index (χ2v) is 6.67. The van der Waals surface area contributed by atoms with E-state index in [1.807, 2.05) is 66.7 Å². The van der Waals surface area contributed by atoms with E-state index in [0.717, 1.165) is 22.3 Å². The Morgan fingerprint density at radius 1 is 0.926 bits per heavy atom. The van der Waals surface area contributed by atoms with Gasteiger partial charge in [-0.3, -0.25) is 4.79 Å². The first kappa shape index (κ1) is 19.2. The summed E-state index contributed by atoms with van der Waals surface area (Å²) in [5.74, 6) is -0.255. The molecule has 1 unspecified atom stereocenters. The summed E-state index contributed by atoms with van der Waals surface area (Å²) < 4.78 is 4.92. The van der Waals surface area contributed by atoms with Gasteiger partial charge < -0.3 is 10.1 Å². The van der Waals surface area contributed by atoms with Crippen LogP contribution in [0.4, 0.5) is 0 Å². The fourth-order valence-electron chi connectivity index (χ4n) is 3.10. The van der Waals surface area contributed by atoms with Crippen LogP contribution in [0.15, 0.2) is 78.9 Å². The molecule has 27 heavy (non-hydrogen) atoms. The third-order valence-electron chi connectivity index (χ3n) is 4.49. The van der Waals surface area contributed by atoms with Crippen molar-refractivity contribution in [3.05, 3.63) is 95.0 Å². The molecule has 0 radical (unpaired) electrons. The van der Waals surface area contributed by atoms with E-state index in [-0.39, 0.29) is 18.4 Å². The van der Waals surface area contributed by atoms with E-state index in [1.165, 1.54) is 7.11 Å². The maximum absolute atomic E-state index is 12.0. The van der Waals surface area contributed by atoms with Crippen LogP contribution in [0, 0.1) is 0 Å². The number of benzene rings is 3. The van der Waals surface area contributed by atoms with E-state index in [1.54, 1.807) is 0 Å². The molecule has 0 bridgehead atoms. The molecule has 3 nitrogen and oxygen atoms in total. The number of carbonyl (C=O) groups is 1. The van der Waals surface area contributed by atoms with Gasteiger partial charge in [0.25, 0.3) is 0 Å². The molecule has 4 heteroatoms. The maximum atomic E-state index is 12.0. The fraction of sp³-hybridized carbons (Fsp3) is 0.174. The standard InChI is InChI=1S/C23H22ClNO2/c1-27-23(26)15-22(25-16-17-9-3-2-4-10-17)20-13-6-5-11-18(20)19-12-7-8-14-21(19)24/h2-14,22,25H,15-16H2,1H3. The summed E-state index contributed by atoms with van der Waals surface area (Å²) in [4.78, 5) is 12.0. The number of carbonyl (C=O) groups excluding carboxylic acids is 1. The SMILES string of the molecule is COC(=O)CC(NCc1ccccc1)c1ccccc1-c1ccccc1Cl. The minimum atomic E-state index is -0.255. The lowest BCUT2D eigenvalue weighted by molar-refractivity contribution is -0.141. The lowest BCUT2D eigenvalue weighted by Gasteiger charge is -2.22. The molecule has 0 saturated carbocycles. The van der Waals surface area contributed by atoms with Crippen molar-refractivity contribution in [1.29, 1.82) is 0 Å². The highest BCUT2D eigenvalue weighted by Gasteiger charge is 2.20. The Morgan fingerprint density at radius 2 is 1.56 bits per heavy atom. The van der Waals surface area contributed by atoms with Crippen LogP contribution >= 0.6 is 11.6 Å². The summed E-state index contributed by atoms with van der Waals surface area (Å²) in [6.07, 6.45) is 0.241. The topological polar surface area (TPSA) is 38.3 Å². The summed E-state index contributed by atoms with van der Waals surface area (Å²) in [7, 11) is 1.41. The molecule has 0 aromatic heterocycles. The van der Waals surface area contributed by atoms with Crippen LogP contribution in [0.1, 0.15) is 23.6 Å². The first-order chi connectivity index (χ1) is 13.2. The van der Waals surface area contributed by atoms with Gasteiger partial charge in [-0.2, -0.15) is 0 Å². The van der Waals surface area contributed by atoms with Crippen molar-refractivity contribution >= 4 is 17.6 Å². The summed E-state index contributed by atoms with van der Waals surface area (Å²) >= 11 is 6.43. The normalized spacial score (nSPS) is 11.8. The molecule has 1 N–H and O–H groups in total. The zero-order valence-electron chi connectivity index (χ0n) is 15.2. The Bertz CT molecular complexity index is 896. The highest BCUT2D eigenvalue weighted by Crippen LogP contribution is 2.34. The van der Waals surface area contributed by atoms with Gasteiger partial charge >= 0.3 is 5.97 Å². The van der Waals surface area contributed by atoms with Crippen molar-refractivity contribution in [3.8, 4) is 11.1 Å². The third kappa shape index (κ3) is 4.97. The molecule has 0 saturated heterocycles. The first-order valence-corrected chi connectivity index (χ1v) is 9.25. The van der Waals surface area contributed by atoms with Crippen LogP contribution < -0.4 is 5.32 Å². The molecule has 0 aliphatic carbocycles. The number of halogens is 1. The maximum Gasteiger partial charge on any atom is 0.307 e. The van der Waals surface area contributed by atoms with Gasteiger partial charge in [-0.05, 0) is 22.8 Å². The molecule has 3 aromatic carbocycles. The molecule has 3 rings (SSSR count). The molecular formula is C23H22ClNO2. The van der Waals surface area contributed by atoms with Gasteiger partial charge in [-0.1, -0.05) is 84.4 Å². The van der Waals surface area contributed by atoms with Crippen LogP contribution in [0.2, 0.25) is 5.02 Å². The van der Waals surface area contributed by atoms with Gasteiger partial charge in [0.05, 0.1) is 13.5 Å². The quantitative estimate of drug-likeness (QED) is 0.558. The third-order valence-corrected chi connectivity index (χ3v) is 4.82. The molecule has 0 aliphatic heterocycles. The van der Waals surface area contributed by atoms with Crippen LogP contribution in [0.25, 0.3) is 11.1 Å². The van der Waals surface area contributed by atoms with Crippen LogP contribution in [-0.4, -0.2) is 13.1 Å². The number of ether oxygens (including phenoxy) is 1. The molecule has 138 valence electrons. The van der Waals surface area contributed by atoms with Crippen molar-refractivity contribution in [2.75, 3.05) is 7.11 Å². The van der Waals surface area contributed by atoms with Gasteiger partial charge in [0, 0.05) is 23.2 Å². The molecule has 3 aromatic rings. The predicted octanol–water partition coefficient (Wildman–Crippen LogP) is 5.40. The zero-order chi connectivity index (χ0) is 19.1. The average molecular weight is 380 g/mol. The molecule has 0 fully saturated rings. The molecule has 0 aliphatic rings. The van der Waals surface area contributed by atoms with Crippen LogP contribution in [0.5, 0.6) is 0 Å². The highest BCUT2D eigenvalue weighted by atomic mass is 35.5. The number of nitrogens with one attached hydrogen (secondary N) is 1. The van der Waals surface area contributed by atoms with E-state index < -0.39 is 0 Å². The Labute approximate surface area is 164 Å². The van der Waals surface area contributed by atoms with Gasteiger partial charge in [0.1, 0.15) is 0 Å². The minimum Gasteiger partial charge on any atom is -0.469 e. The van der Waals surface area contributed by atoms with Crippen molar-refractivity contribution < 1.29 is 9.53 Å². The van der Waals surface area contributed by atoms with Crippen molar-refractivity contribution in [2.45, 2.75) is 19.0 Å². The van der Waals surface area contributed by atoms with Crippen LogP contribution in [0.3, 0.4) is 0 Å². The largest absolute Gasteiger partial charge is 0.469 e. The molecular weight excluding hydrogens is 358 g/mol. The number of methoxy groups -OCH3 is 1. The van der Waals surface area contributed by atoms with Gasteiger partial charge in [0.15, 0.2) is 0 Å². The Balaban J connectivity index is 1.94. The van der Waals surface area contributed by atoms with Crippen molar-refractivity contribution in [3.63, 3.8) is 0 Å². The zero-order valence-corrected chi connectivity index (χ0v) is 15.9. The lowest BCUT2D eigenvalue weighted by atomic mass is 9.93. The van der Waals surface area contributed by atoms with E-state index in [4.69, 9.17) is 16.3 Å². The molecule has 0 spiro atoms. The number of rotatable bonds is 7. The summed E-state index contributed by atoms with van der Waals surface area (Å²) in [6, 6.07) is 25.7. The number of hydrogen-bond acceptors (Lipinski definition) is 3. The lowest BCUT2D eigenvalue weighted by Crippen LogP contribution is -2.24. The van der Waals surface area contributed by atoms with E-state index in [0.29, 0.717) is 11.6 Å². The predicted molar refractivity (Wildman–Crippen MR) is 110 cm³/mol. The Hall–Kier alpha value is -2.62. The van der Waals surface area contributed by atoms with E-state index in [2.05, 4.69) is 17.4 Å². The summed E-state index contributed by atoms with van der Waals surface area (Å²) in [5, 5.41) is 4.19. The summed E-state index contributed by atoms with van der Waals surface area (Å²) in [5.41, 5.74) is 4.14. The first-order valence-electron chi connectivity index (χ1n) is 8.87. The smallest absolute Gasteiger partial charge is 0.307 e. The fourth-order valence-corrected chi connectivity index (χ4v) is 3.34. The van der Waals surface area contributed by atoms with Crippen LogP contribution in [-0.2, 0) is 16.1 Å². The van der Waals surface area contributed by atoms with Crippen molar-refractivity contribution in [1.82, 2.24) is 5.32 Å².